The van der Waals surface area contributed by atoms with Crippen molar-refractivity contribution >= 4 is 50.7 Å². The second kappa shape index (κ2) is 13.6. The highest BCUT2D eigenvalue weighted by Crippen LogP contribution is 2.30. The highest BCUT2D eigenvalue weighted by atomic mass is 35.5. The lowest BCUT2D eigenvalue weighted by molar-refractivity contribution is -0.140. The minimum absolute atomic E-state index is 0.0195. The molecule has 0 aromatic heterocycles. The number of ether oxygens (including phenoxy) is 1. The van der Waals surface area contributed by atoms with Gasteiger partial charge in [-0.15, -0.1) is 0 Å². The normalized spacial score (nSPS) is 12.4. The maximum atomic E-state index is 14.2. The van der Waals surface area contributed by atoms with Crippen molar-refractivity contribution in [3.8, 4) is 5.75 Å². The van der Waals surface area contributed by atoms with Crippen LogP contribution in [0.3, 0.4) is 0 Å². The molecule has 0 aliphatic heterocycles. The number of rotatable bonds is 11. The van der Waals surface area contributed by atoms with Gasteiger partial charge in [0.2, 0.25) is 21.8 Å². The molecule has 0 radical (unpaired) electrons. The zero-order valence-electron chi connectivity index (χ0n) is 23.7. The molecule has 3 aromatic carbocycles. The van der Waals surface area contributed by atoms with Crippen molar-refractivity contribution in [2.24, 2.45) is 0 Å². The summed E-state index contributed by atoms with van der Waals surface area (Å²) in [6.07, 6.45) is 1.22. The number of benzene rings is 3. The molecule has 3 rings (SSSR count). The SMILES string of the molecule is COc1ccccc1N(CC(=O)N(Cc1ccc(Cl)c(Cl)c1)C(Cc1ccccc1)C(=O)NC(C)(C)C)S(C)(=O)=O. The summed E-state index contributed by atoms with van der Waals surface area (Å²) in [4.78, 5) is 29.3. The predicted octanol–water partition coefficient (Wildman–Crippen LogP) is 5.32. The highest BCUT2D eigenvalue weighted by Gasteiger charge is 2.35. The Kier molecular flexibility index (Phi) is 10.7. The summed E-state index contributed by atoms with van der Waals surface area (Å²) >= 11 is 12.4. The lowest BCUT2D eigenvalue weighted by Crippen LogP contribution is -2.56. The molecule has 8 nitrogen and oxygen atoms in total. The van der Waals surface area contributed by atoms with Crippen LogP contribution in [0.4, 0.5) is 5.69 Å². The van der Waals surface area contributed by atoms with Crippen molar-refractivity contribution in [3.05, 3.63) is 94.0 Å². The summed E-state index contributed by atoms with van der Waals surface area (Å²) in [5.74, 6) is -0.677. The maximum Gasteiger partial charge on any atom is 0.244 e. The molecule has 3 aromatic rings. The third kappa shape index (κ3) is 9.11. The van der Waals surface area contributed by atoms with Gasteiger partial charge in [0, 0.05) is 18.5 Å². The van der Waals surface area contributed by atoms with Gasteiger partial charge in [-0.25, -0.2) is 8.42 Å². The van der Waals surface area contributed by atoms with Gasteiger partial charge in [0.15, 0.2) is 0 Å². The molecule has 2 amide bonds. The van der Waals surface area contributed by atoms with Crippen LogP contribution in [0, 0.1) is 0 Å². The molecule has 41 heavy (non-hydrogen) atoms. The van der Waals surface area contributed by atoms with Crippen molar-refractivity contribution in [1.29, 1.82) is 0 Å². The van der Waals surface area contributed by atoms with Gasteiger partial charge in [0.1, 0.15) is 18.3 Å². The van der Waals surface area contributed by atoms with Crippen molar-refractivity contribution in [2.75, 3.05) is 24.2 Å². The number of halogens is 2. The second-order valence-electron chi connectivity index (χ2n) is 10.7. The van der Waals surface area contributed by atoms with E-state index >= 15 is 0 Å². The molecule has 0 aliphatic rings. The van der Waals surface area contributed by atoms with Crippen LogP contribution in [0.2, 0.25) is 10.0 Å². The number of sulfonamides is 1. The van der Waals surface area contributed by atoms with E-state index in [1.165, 1.54) is 12.0 Å². The Labute approximate surface area is 252 Å². The monoisotopic (exact) mass is 619 g/mol. The molecule has 0 bridgehead atoms. The molecule has 0 aliphatic carbocycles. The number of carbonyl (C=O) groups excluding carboxylic acids is 2. The molecular formula is C30H35Cl2N3O5S. The summed E-state index contributed by atoms with van der Waals surface area (Å²) in [7, 11) is -2.51. The van der Waals surface area contributed by atoms with Crippen molar-refractivity contribution < 1.29 is 22.7 Å². The first-order valence-corrected chi connectivity index (χ1v) is 15.5. The van der Waals surface area contributed by atoms with Gasteiger partial charge in [-0.3, -0.25) is 13.9 Å². The summed E-state index contributed by atoms with van der Waals surface area (Å²) in [5.41, 5.74) is 1.08. The van der Waals surface area contributed by atoms with Gasteiger partial charge >= 0.3 is 0 Å². The molecule has 0 fully saturated rings. The van der Waals surface area contributed by atoms with E-state index in [0.717, 1.165) is 16.1 Å². The molecule has 11 heteroatoms. The third-order valence-corrected chi connectivity index (χ3v) is 8.00. The number of nitrogens with zero attached hydrogens (tertiary/aromatic N) is 2. The largest absolute Gasteiger partial charge is 0.495 e. The van der Waals surface area contributed by atoms with Crippen LogP contribution in [-0.2, 0) is 32.6 Å². The van der Waals surface area contributed by atoms with Gasteiger partial charge in [-0.2, -0.15) is 0 Å². The molecule has 1 N–H and O–H groups in total. The van der Waals surface area contributed by atoms with E-state index < -0.39 is 34.1 Å². The Bertz CT molecular complexity index is 1480. The fourth-order valence-electron chi connectivity index (χ4n) is 4.27. The van der Waals surface area contributed by atoms with E-state index in [9.17, 15) is 18.0 Å². The van der Waals surface area contributed by atoms with Gasteiger partial charge in [-0.1, -0.05) is 71.7 Å². The summed E-state index contributed by atoms with van der Waals surface area (Å²) < 4.78 is 32.3. The lowest BCUT2D eigenvalue weighted by Gasteiger charge is -2.35. The van der Waals surface area contributed by atoms with E-state index in [1.807, 2.05) is 51.1 Å². The predicted molar refractivity (Wildman–Crippen MR) is 164 cm³/mol. The summed E-state index contributed by atoms with van der Waals surface area (Å²) in [5, 5.41) is 3.62. The van der Waals surface area contributed by atoms with E-state index in [-0.39, 0.29) is 30.3 Å². The zero-order chi connectivity index (χ0) is 30.4. The van der Waals surface area contributed by atoms with Crippen LogP contribution in [-0.4, -0.2) is 56.6 Å². The van der Waals surface area contributed by atoms with E-state index in [1.54, 1.807) is 42.5 Å². The van der Waals surface area contributed by atoms with Crippen molar-refractivity contribution in [2.45, 2.75) is 45.3 Å². The Hall–Kier alpha value is -3.27. The summed E-state index contributed by atoms with van der Waals surface area (Å²) in [6.45, 7) is 4.97. The van der Waals surface area contributed by atoms with Crippen LogP contribution >= 0.6 is 23.2 Å². The number of amides is 2. The van der Waals surface area contributed by atoms with E-state index in [2.05, 4.69) is 5.32 Å². The smallest absolute Gasteiger partial charge is 0.244 e. The van der Waals surface area contributed by atoms with Crippen molar-refractivity contribution in [3.63, 3.8) is 0 Å². The number of para-hydroxylation sites is 2. The standard InChI is InChI=1S/C30H35Cl2N3O5S/c1-30(2,3)33-29(37)26(18-21-11-7-6-8-12-21)34(19-22-15-16-23(31)24(32)17-22)28(36)20-35(41(5,38)39)25-13-9-10-14-27(25)40-4/h6-17,26H,18-20H2,1-5H3,(H,33,37). The fraction of sp³-hybridized carbons (Fsp3) is 0.333. The van der Waals surface area contributed by atoms with Gasteiger partial charge in [0.25, 0.3) is 0 Å². The van der Waals surface area contributed by atoms with Gasteiger partial charge < -0.3 is 15.0 Å². The molecule has 0 spiro atoms. The molecule has 1 atom stereocenters. The third-order valence-electron chi connectivity index (χ3n) is 6.14. The second-order valence-corrected chi connectivity index (χ2v) is 13.4. The molecule has 0 saturated heterocycles. The quantitative estimate of drug-likeness (QED) is 0.313. The van der Waals surface area contributed by atoms with Crippen LogP contribution in [0.25, 0.3) is 0 Å². The minimum atomic E-state index is -3.93. The van der Waals surface area contributed by atoms with Crippen LogP contribution < -0.4 is 14.4 Å². The molecular weight excluding hydrogens is 585 g/mol. The Morgan fingerprint density at radius 3 is 2.15 bits per heavy atom. The fourth-order valence-corrected chi connectivity index (χ4v) is 5.45. The van der Waals surface area contributed by atoms with Crippen LogP contribution in [0.1, 0.15) is 31.9 Å². The Balaban J connectivity index is 2.12. The Morgan fingerprint density at radius 2 is 1.56 bits per heavy atom. The molecule has 1 unspecified atom stereocenters. The van der Waals surface area contributed by atoms with E-state index in [4.69, 9.17) is 27.9 Å². The number of hydrogen-bond acceptors (Lipinski definition) is 5. The zero-order valence-corrected chi connectivity index (χ0v) is 26.1. The maximum absolute atomic E-state index is 14.2. The van der Waals surface area contributed by atoms with Crippen molar-refractivity contribution in [1.82, 2.24) is 10.2 Å². The average molecular weight is 621 g/mol. The number of hydrogen-bond donors (Lipinski definition) is 1. The highest BCUT2D eigenvalue weighted by molar-refractivity contribution is 7.92. The van der Waals surface area contributed by atoms with E-state index in [0.29, 0.717) is 15.6 Å². The lowest BCUT2D eigenvalue weighted by atomic mass is 10.0. The average Bonchev–Trinajstić information content (AvgIpc) is 2.90. The molecule has 0 saturated carbocycles. The molecule has 220 valence electrons. The van der Waals surface area contributed by atoms with Gasteiger partial charge in [0.05, 0.1) is 29.1 Å². The van der Waals surface area contributed by atoms with Crippen LogP contribution in [0.15, 0.2) is 72.8 Å². The minimum Gasteiger partial charge on any atom is -0.495 e. The van der Waals surface area contributed by atoms with Crippen LogP contribution in [0.5, 0.6) is 5.75 Å². The summed E-state index contributed by atoms with van der Waals surface area (Å²) in [6, 6.07) is 19.8. The number of methoxy groups -OCH3 is 1. The topological polar surface area (TPSA) is 96.0 Å². The number of anilines is 1. The first-order valence-electron chi connectivity index (χ1n) is 12.9. The first kappa shape index (κ1) is 32.2. The number of carbonyl (C=O) groups is 2. The van der Waals surface area contributed by atoms with Gasteiger partial charge in [-0.05, 0) is 56.2 Å². The molecule has 0 heterocycles. The first-order chi connectivity index (χ1) is 19.2. The number of nitrogens with one attached hydrogen (secondary N) is 1. The Morgan fingerprint density at radius 1 is 0.927 bits per heavy atom.